The van der Waals surface area contributed by atoms with Gasteiger partial charge in [-0.05, 0) is 43.9 Å². The lowest BCUT2D eigenvalue weighted by molar-refractivity contribution is 0.296. The van der Waals surface area contributed by atoms with Crippen LogP contribution in [0.1, 0.15) is 24.0 Å². The second-order valence-corrected chi connectivity index (χ2v) is 9.19. The second-order valence-electron chi connectivity index (χ2n) is 7.43. The molecule has 0 atom stereocenters. The Morgan fingerprint density at radius 1 is 1.06 bits per heavy atom. The molecule has 7 nitrogen and oxygen atoms in total. The molecule has 0 aromatic heterocycles. The van der Waals surface area contributed by atoms with Gasteiger partial charge in [0.1, 0.15) is 5.75 Å². The molecule has 9 heteroatoms. The van der Waals surface area contributed by atoms with Crippen molar-refractivity contribution in [3.05, 3.63) is 59.7 Å². The van der Waals surface area contributed by atoms with Gasteiger partial charge in [-0.25, -0.2) is 13.1 Å². The molecule has 1 fully saturated rings. The van der Waals surface area contributed by atoms with Gasteiger partial charge in [0.2, 0.25) is 10.0 Å². The first-order valence-electron chi connectivity index (χ1n) is 10.2. The second kappa shape index (κ2) is 12.3. The quantitative estimate of drug-likeness (QED) is 0.181. The topological polar surface area (TPSA) is 91.8 Å². The average molecular weight is 558 g/mol. The van der Waals surface area contributed by atoms with Gasteiger partial charge in [-0.2, -0.15) is 0 Å². The number of hydrogen-bond acceptors (Lipinski definition) is 4. The summed E-state index contributed by atoms with van der Waals surface area (Å²) >= 11 is 0. The normalized spacial score (nSPS) is 13.9. The number of aliphatic imine (C=N–C) groups is 1. The summed E-state index contributed by atoms with van der Waals surface area (Å²) in [6, 6.07) is 14.7. The molecule has 3 rings (SSSR count). The Morgan fingerprint density at radius 3 is 2.45 bits per heavy atom. The molecule has 0 unspecified atom stereocenters. The van der Waals surface area contributed by atoms with Crippen molar-refractivity contribution in [2.75, 3.05) is 26.7 Å². The van der Waals surface area contributed by atoms with Crippen LogP contribution in [0.15, 0.2) is 58.4 Å². The summed E-state index contributed by atoms with van der Waals surface area (Å²) in [7, 11) is -1.84. The Morgan fingerprint density at radius 2 is 1.77 bits per heavy atom. The summed E-state index contributed by atoms with van der Waals surface area (Å²) in [6.07, 6.45) is 2.51. The summed E-state index contributed by atoms with van der Waals surface area (Å²) in [5.74, 6) is 2.18. The van der Waals surface area contributed by atoms with E-state index < -0.39 is 10.0 Å². The van der Waals surface area contributed by atoms with Gasteiger partial charge >= 0.3 is 0 Å². The first-order chi connectivity index (χ1) is 14.5. The Labute approximate surface area is 202 Å². The van der Waals surface area contributed by atoms with E-state index in [4.69, 9.17) is 4.74 Å². The molecule has 1 aliphatic carbocycles. The minimum atomic E-state index is -3.52. The molecule has 0 saturated heterocycles. The van der Waals surface area contributed by atoms with Gasteiger partial charge in [0, 0.05) is 32.2 Å². The summed E-state index contributed by atoms with van der Waals surface area (Å²) in [5.41, 5.74) is 2.08. The van der Waals surface area contributed by atoms with Gasteiger partial charge in [0.05, 0.1) is 11.5 Å². The van der Waals surface area contributed by atoms with Crippen LogP contribution < -0.4 is 20.1 Å². The predicted octanol–water partition coefficient (Wildman–Crippen LogP) is 3.05. The van der Waals surface area contributed by atoms with Crippen molar-refractivity contribution < 1.29 is 13.2 Å². The molecule has 1 saturated carbocycles. The highest BCUT2D eigenvalue weighted by Crippen LogP contribution is 2.30. The van der Waals surface area contributed by atoms with E-state index in [1.54, 1.807) is 31.3 Å². The number of nitrogens with zero attached hydrogens (tertiary/aromatic N) is 1. The van der Waals surface area contributed by atoms with Crippen LogP contribution in [-0.4, -0.2) is 41.1 Å². The van der Waals surface area contributed by atoms with Crippen LogP contribution >= 0.6 is 24.0 Å². The van der Waals surface area contributed by atoms with E-state index in [2.05, 4.69) is 20.3 Å². The Kier molecular flexibility index (Phi) is 10.0. The number of hydrogen-bond donors (Lipinski definition) is 3. The maximum Gasteiger partial charge on any atom is 0.240 e. The number of rotatable bonds is 10. The van der Waals surface area contributed by atoms with Crippen molar-refractivity contribution >= 4 is 40.0 Å². The lowest BCUT2D eigenvalue weighted by atomic mass is 10.2. The highest BCUT2D eigenvalue weighted by molar-refractivity contribution is 14.0. The third-order valence-electron chi connectivity index (χ3n) is 4.85. The highest BCUT2D eigenvalue weighted by Gasteiger charge is 2.22. The van der Waals surface area contributed by atoms with Crippen molar-refractivity contribution in [3.8, 4) is 5.75 Å². The molecule has 0 radical (unpaired) electrons. The summed E-state index contributed by atoms with van der Waals surface area (Å²) in [5, 5.41) is 6.37. The minimum absolute atomic E-state index is 0. The molecule has 1 aliphatic rings. The van der Waals surface area contributed by atoms with Crippen LogP contribution in [0.25, 0.3) is 0 Å². The van der Waals surface area contributed by atoms with Crippen LogP contribution in [0.3, 0.4) is 0 Å². The molecule has 170 valence electrons. The van der Waals surface area contributed by atoms with E-state index in [1.165, 1.54) is 12.8 Å². The van der Waals surface area contributed by atoms with Crippen LogP contribution in [0, 0.1) is 12.8 Å². The highest BCUT2D eigenvalue weighted by atomic mass is 127. The zero-order valence-electron chi connectivity index (χ0n) is 17.9. The molecule has 0 aliphatic heterocycles. The zero-order chi connectivity index (χ0) is 21.4. The third kappa shape index (κ3) is 8.30. The van der Waals surface area contributed by atoms with Crippen molar-refractivity contribution in [2.24, 2.45) is 10.9 Å². The van der Waals surface area contributed by atoms with Crippen LogP contribution in [0.2, 0.25) is 0 Å². The van der Waals surface area contributed by atoms with Crippen molar-refractivity contribution in [1.82, 2.24) is 15.4 Å². The van der Waals surface area contributed by atoms with Gasteiger partial charge in [-0.3, -0.25) is 4.99 Å². The van der Waals surface area contributed by atoms with E-state index in [1.807, 2.05) is 31.2 Å². The number of benzene rings is 2. The monoisotopic (exact) mass is 558 g/mol. The minimum Gasteiger partial charge on any atom is -0.493 e. The van der Waals surface area contributed by atoms with E-state index in [-0.39, 0.29) is 35.4 Å². The fourth-order valence-electron chi connectivity index (χ4n) is 2.85. The van der Waals surface area contributed by atoms with E-state index in [0.29, 0.717) is 25.0 Å². The molecule has 2 aromatic carbocycles. The molecule has 0 amide bonds. The van der Waals surface area contributed by atoms with Crippen molar-refractivity contribution in [1.29, 1.82) is 0 Å². The smallest absolute Gasteiger partial charge is 0.240 e. The van der Waals surface area contributed by atoms with Crippen LogP contribution in [0.5, 0.6) is 5.75 Å². The fraction of sp³-hybridized carbons (Fsp3) is 0.409. The summed E-state index contributed by atoms with van der Waals surface area (Å²) < 4.78 is 33.2. The molecule has 3 N–H and O–H groups in total. The first-order valence-corrected chi connectivity index (χ1v) is 11.7. The van der Waals surface area contributed by atoms with Gasteiger partial charge in [-0.15, -0.1) is 24.0 Å². The van der Waals surface area contributed by atoms with Crippen LogP contribution in [0.4, 0.5) is 0 Å². The summed E-state index contributed by atoms with van der Waals surface area (Å²) in [4.78, 5) is 4.46. The Hall–Kier alpha value is -1.85. The van der Waals surface area contributed by atoms with Crippen molar-refractivity contribution in [2.45, 2.75) is 31.2 Å². The maximum absolute atomic E-state index is 12.3. The molecule has 2 aromatic rings. The lowest BCUT2D eigenvalue weighted by Gasteiger charge is -2.15. The number of guanidine groups is 1. The number of sulfonamides is 1. The molecule has 0 spiro atoms. The number of para-hydroxylation sites is 1. The van der Waals surface area contributed by atoms with E-state index >= 15 is 0 Å². The van der Waals surface area contributed by atoms with Crippen LogP contribution in [-0.2, 0) is 16.6 Å². The number of halogens is 1. The molecule has 0 heterocycles. The van der Waals surface area contributed by atoms with E-state index in [0.717, 1.165) is 23.5 Å². The van der Waals surface area contributed by atoms with Gasteiger partial charge in [0.25, 0.3) is 0 Å². The third-order valence-corrected chi connectivity index (χ3v) is 6.33. The predicted molar refractivity (Wildman–Crippen MR) is 135 cm³/mol. The molecular weight excluding hydrogens is 527 g/mol. The fourth-order valence-corrected chi connectivity index (χ4v) is 3.88. The summed E-state index contributed by atoms with van der Waals surface area (Å²) in [6.45, 7) is 3.91. The SMILES string of the molecule is CN=C(NCCNS(=O)(=O)c1ccc(C)cc1)NCc1ccccc1OCC1CC1.I. The molecule has 31 heavy (non-hydrogen) atoms. The lowest BCUT2D eigenvalue weighted by Crippen LogP contribution is -2.41. The number of ether oxygens (including phenoxy) is 1. The molecular formula is C22H31IN4O3S. The number of nitrogens with one attached hydrogen (secondary N) is 3. The first kappa shape index (κ1) is 25.4. The zero-order valence-corrected chi connectivity index (χ0v) is 21.1. The standard InChI is InChI=1S/C22H30N4O3S.HI/c1-17-7-11-20(12-8-17)30(27,28)26-14-13-24-22(23-2)25-15-19-5-3-4-6-21(19)29-16-18-9-10-18;/h3-8,11-12,18,26H,9-10,13-16H2,1-2H3,(H2,23,24,25);1H. The van der Waals surface area contributed by atoms with Gasteiger partial charge < -0.3 is 15.4 Å². The maximum atomic E-state index is 12.3. The molecule has 0 bridgehead atoms. The van der Waals surface area contributed by atoms with Gasteiger partial charge in [-0.1, -0.05) is 35.9 Å². The number of aryl methyl sites for hydroxylation is 1. The Bertz CT molecular complexity index is 961. The largest absolute Gasteiger partial charge is 0.493 e. The average Bonchev–Trinajstić information content (AvgIpc) is 3.57. The van der Waals surface area contributed by atoms with E-state index in [9.17, 15) is 8.42 Å². The van der Waals surface area contributed by atoms with Gasteiger partial charge in [0.15, 0.2) is 5.96 Å². The van der Waals surface area contributed by atoms with Crippen molar-refractivity contribution in [3.63, 3.8) is 0 Å². The Balaban J connectivity index is 0.00000341.